The van der Waals surface area contributed by atoms with Gasteiger partial charge in [-0.05, 0) is 73.7 Å². The highest BCUT2D eigenvalue weighted by atomic mass is 19.4. The summed E-state index contributed by atoms with van der Waals surface area (Å²) in [6.07, 6.45) is 1.09. The van der Waals surface area contributed by atoms with E-state index in [9.17, 15) is 18.0 Å². The first-order valence-corrected chi connectivity index (χ1v) is 7.79. The van der Waals surface area contributed by atoms with Crippen LogP contribution in [0.4, 0.5) is 13.2 Å². The molecule has 4 fully saturated rings. The Hall–Kier alpha value is -1.00. The molecule has 0 aromatic heterocycles. The second-order valence-corrected chi connectivity index (χ2v) is 7.21. The number of hydrogen-bond acceptors (Lipinski definition) is 1. The molecule has 4 aliphatic rings. The molecule has 0 atom stereocenters. The van der Waals surface area contributed by atoms with E-state index in [1.54, 1.807) is 6.92 Å². The molecule has 4 aliphatic carbocycles. The molecule has 0 spiro atoms. The van der Waals surface area contributed by atoms with Crippen LogP contribution in [0.3, 0.4) is 0 Å². The molecule has 0 aromatic rings. The number of carbonyl (C=O) groups is 1. The Kier molecular flexibility index (Phi) is 3.37. The zero-order chi connectivity index (χ0) is 15.4. The predicted octanol–water partition coefficient (Wildman–Crippen LogP) is 4.56. The van der Waals surface area contributed by atoms with Crippen LogP contribution in [0.15, 0.2) is 11.1 Å². The average molecular weight is 302 g/mol. The Bertz CT molecular complexity index is 455. The highest BCUT2D eigenvalue weighted by Gasteiger charge is 2.55. The van der Waals surface area contributed by atoms with Gasteiger partial charge in [-0.25, -0.2) is 4.79 Å². The maximum absolute atomic E-state index is 13.3. The highest BCUT2D eigenvalue weighted by Crippen LogP contribution is 2.64. The monoisotopic (exact) mass is 302 g/mol. The third kappa shape index (κ3) is 2.38. The van der Waals surface area contributed by atoms with Crippen LogP contribution >= 0.6 is 0 Å². The van der Waals surface area contributed by atoms with Gasteiger partial charge < -0.3 is 5.11 Å². The van der Waals surface area contributed by atoms with Gasteiger partial charge in [0.25, 0.3) is 0 Å². The van der Waals surface area contributed by atoms with Crippen LogP contribution in [0.1, 0.15) is 51.9 Å². The molecule has 2 nitrogen and oxygen atoms in total. The van der Waals surface area contributed by atoms with Crippen LogP contribution < -0.4 is 0 Å². The lowest BCUT2D eigenvalue weighted by atomic mass is 9.47. The van der Waals surface area contributed by atoms with E-state index in [1.165, 1.54) is 0 Å². The molecule has 118 valence electrons. The van der Waals surface area contributed by atoms with Crippen molar-refractivity contribution in [2.24, 2.45) is 23.2 Å². The van der Waals surface area contributed by atoms with E-state index in [0.717, 1.165) is 38.5 Å². The molecule has 4 rings (SSSR count). The van der Waals surface area contributed by atoms with E-state index in [-0.39, 0.29) is 12.0 Å². The number of rotatable bonds is 3. The van der Waals surface area contributed by atoms with Gasteiger partial charge in [0, 0.05) is 0 Å². The molecule has 0 unspecified atom stereocenters. The topological polar surface area (TPSA) is 37.3 Å². The van der Waals surface area contributed by atoms with E-state index in [4.69, 9.17) is 5.11 Å². The quantitative estimate of drug-likeness (QED) is 0.776. The largest absolute Gasteiger partial charge is 0.478 e. The summed E-state index contributed by atoms with van der Waals surface area (Å²) in [5.74, 6) is -0.307. The third-order valence-corrected chi connectivity index (χ3v) is 5.83. The summed E-state index contributed by atoms with van der Waals surface area (Å²) in [5.41, 5.74) is -1.61. The Morgan fingerprint density at radius 3 is 1.81 bits per heavy atom. The van der Waals surface area contributed by atoms with Gasteiger partial charge in [-0.2, -0.15) is 13.2 Å². The minimum Gasteiger partial charge on any atom is -0.478 e. The lowest BCUT2D eigenvalue weighted by molar-refractivity contribution is -0.146. The smallest absolute Gasteiger partial charge is 0.423 e. The van der Waals surface area contributed by atoms with Gasteiger partial charge in [0.15, 0.2) is 0 Å². The summed E-state index contributed by atoms with van der Waals surface area (Å²) < 4.78 is 39.8. The summed E-state index contributed by atoms with van der Waals surface area (Å²) >= 11 is 0. The first kappa shape index (κ1) is 14.9. The molecule has 0 radical (unpaired) electrons. The van der Waals surface area contributed by atoms with E-state index in [0.29, 0.717) is 17.8 Å². The van der Waals surface area contributed by atoms with Crippen molar-refractivity contribution in [2.75, 3.05) is 0 Å². The van der Waals surface area contributed by atoms with Gasteiger partial charge in [0.05, 0.1) is 0 Å². The molecular weight excluding hydrogens is 281 g/mol. The van der Waals surface area contributed by atoms with Crippen molar-refractivity contribution in [1.82, 2.24) is 0 Å². The minimum absolute atomic E-state index is 0.168. The van der Waals surface area contributed by atoms with Gasteiger partial charge in [-0.15, -0.1) is 0 Å². The number of alkyl halides is 3. The minimum atomic E-state index is -4.76. The number of carboxylic acid groups (broad SMARTS) is 1. The molecule has 1 N–H and O–H groups in total. The molecule has 0 saturated heterocycles. The molecule has 0 aliphatic heterocycles. The Labute approximate surface area is 122 Å². The first-order valence-electron chi connectivity index (χ1n) is 7.79. The van der Waals surface area contributed by atoms with Gasteiger partial charge in [0.2, 0.25) is 0 Å². The van der Waals surface area contributed by atoms with Crippen LogP contribution in [-0.4, -0.2) is 17.3 Å². The number of halogens is 3. The molecule has 0 amide bonds. The van der Waals surface area contributed by atoms with Gasteiger partial charge in [-0.3, -0.25) is 0 Å². The van der Waals surface area contributed by atoms with E-state index in [2.05, 4.69) is 0 Å². The van der Waals surface area contributed by atoms with E-state index >= 15 is 0 Å². The van der Waals surface area contributed by atoms with Crippen LogP contribution in [-0.2, 0) is 4.79 Å². The summed E-state index contributed by atoms with van der Waals surface area (Å²) in [5, 5.41) is 9.13. The molecular formula is C16H21F3O2. The van der Waals surface area contributed by atoms with Crippen molar-refractivity contribution in [3.8, 4) is 0 Å². The van der Waals surface area contributed by atoms with Crippen molar-refractivity contribution >= 4 is 5.97 Å². The molecule has 0 heterocycles. The standard InChI is InChI=1S/C16H21F3O2/c1-2-12(13(14(20)21)16(17,18)19)15-6-9-3-10(7-15)5-11(4-9)8-15/h9-11H,2-8H2,1H3,(H,20,21). The van der Waals surface area contributed by atoms with Gasteiger partial charge >= 0.3 is 12.1 Å². The highest BCUT2D eigenvalue weighted by molar-refractivity contribution is 5.89. The average Bonchev–Trinajstić information content (AvgIpc) is 2.31. The van der Waals surface area contributed by atoms with Crippen LogP contribution in [0, 0.1) is 23.2 Å². The fourth-order valence-corrected chi connectivity index (χ4v) is 5.72. The summed E-state index contributed by atoms with van der Waals surface area (Å²) in [4.78, 5) is 11.3. The lowest BCUT2D eigenvalue weighted by Crippen LogP contribution is -2.48. The molecule has 4 bridgehead atoms. The van der Waals surface area contributed by atoms with Crippen molar-refractivity contribution in [3.05, 3.63) is 11.1 Å². The molecule has 4 saturated carbocycles. The normalized spacial score (nSPS) is 39.3. The first-order chi connectivity index (χ1) is 9.75. The SMILES string of the molecule is CCC(=C(C(=O)O)C(F)(F)F)C12CC3CC(CC(C3)C1)C2. The number of hydrogen-bond donors (Lipinski definition) is 1. The second-order valence-electron chi connectivity index (χ2n) is 7.21. The molecule has 5 heteroatoms. The molecule has 0 aromatic carbocycles. The number of aliphatic carboxylic acids is 1. The Morgan fingerprint density at radius 2 is 1.52 bits per heavy atom. The zero-order valence-corrected chi connectivity index (χ0v) is 12.2. The second kappa shape index (κ2) is 4.75. The van der Waals surface area contributed by atoms with E-state index < -0.39 is 23.1 Å². The van der Waals surface area contributed by atoms with Crippen molar-refractivity contribution in [3.63, 3.8) is 0 Å². The van der Waals surface area contributed by atoms with Crippen molar-refractivity contribution in [1.29, 1.82) is 0 Å². The lowest BCUT2D eigenvalue weighted by Gasteiger charge is -2.58. The Morgan fingerprint density at radius 1 is 1.10 bits per heavy atom. The number of carboxylic acids is 1. The summed E-state index contributed by atoms with van der Waals surface area (Å²) in [6.45, 7) is 1.67. The fourth-order valence-electron chi connectivity index (χ4n) is 5.72. The fraction of sp³-hybridized carbons (Fsp3) is 0.812. The summed E-state index contributed by atoms with van der Waals surface area (Å²) in [7, 11) is 0. The maximum atomic E-state index is 13.3. The van der Waals surface area contributed by atoms with E-state index in [1.807, 2.05) is 0 Å². The summed E-state index contributed by atoms with van der Waals surface area (Å²) in [6, 6.07) is 0. The third-order valence-electron chi connectivity index (χ3n) is 5.83. The predicted molar refractivity (Wildman–Crippen MR) is 71.6 cm³/mol. The zero-order valence-electron chi connectivity index (χ0n) is 12.2. The number of allylic oxidation sites excluding steroid dienone is 1. The van der Waals surface area contributed by atoms with Crippen LogP contribution in [0.25, 0.3) is 0 Å². The van der Waals surface area contributed by atoms with Crippen LogP contribution in [0.2, 0.25) is 0 Å². The maximum Gasteiger partial charge on any atom is 0.423 e. The van der Waals surface area contributed by atoms with Crippen molar-refractivity contribution < 1.29 is 23.1 Å². The Balaban J connectivity index is 2.08. The van der Waals surface area contributed by atoms with Gasteiger partial charge in [-0.1, -0.05) is 6.92 Å². The van der Waals surface area contributed by atoms with Crippen molar-refractivity contribution in [2.45, 2.75) is 58.0 Å². The molecule has 21 heavy (non-hydrogen) atoms. The van der Waals surface area contributed by atoms with Gasteiger partial charge in [0.1, 0.15) is 5.57 Å². The van der Waals surface area contributed by atoms with Crippen LogP contribution in [0.5, 0.6) is 0 Å².